The minimum absolute atomic E-state index is 0.00223. The quantitative estimate of drug-likeness (QED) is 0.186. The summed E-state index contributed by atoms with van der Waals surface area (Å²) < 4.78 is 1.51. The molecule has 0 aliphatic carbocycles. The molecule has 8 heteroatoms. The summed E-state index contributed by atoms with van der Waals surface area (Å²) in [5, 5.41) is 11.2. The van der Waals surface area contributed by atoms with Crippen LogP contribution >= 0.6 is 0 Å². The topological polar surface area (TPSA) is 109 Å². The number of hydrogen-bond acceptors (Lipinski definition) is 4. The molecule has 42 heavy (non-hydrogen) atoms. The van der Waals surface area contributed by atoms with Gasteiger partial charge in [-0.05, 0) is 47.0 Å². The maximum Gasteiger partial charge on any atom is 0.309 e. The lowest BCUT2D eigenvalue weighted by Gasteiger charge is -2.18. The van der Waals surface area contributed by atoms with Crippen LogP contribution in [0.25, 0.3) is 21.7 Å². The first-order chi connectivity index (χ1) is 20.4. The molecule has 0 spiro atoms. The number of carbonyl (C=O) groups is 4. The molecule has 5 rings (SSSR count). The summed E-state index contributed by atoms with van der Waals surface area (Å²) in [5.74, 6) is -2.23. The molecule has 0 aliphatic heterocycles. The summed E-state index contributed by atoms with van der Waals surface area (Å²) in [7, 11) is 0. The number of carbonyl (C=O) groups excluding carboxylic acids is 4. The normalized spacial score (nSPS) is 11.8. The first-order valence-corrected chi connectivity index (χ1v) is 13.6. The molecular weight excluding hydrogens is 528 g/mol. The van der Waals surface area contributed by atoms with Crippen LogP contribution in [0.2, 0.25) is 0 Å². The fourth-order valence-electron chi connectivity index (χ4n) is 4.88. The number of aromatic nitrogens is 1. The zero-order valence-electron chi connectivity index (χ0n) is 23.0. The van der Waals surface area contributed by atoms with Crippen LogP contribution in [0.5, 0.6) is 0 Å². The Bertz CT molecular complexity index is 1820. The van der Waals surface area contributed by atoms with Crippen LogP contribution in [0.15, 0.2) is 115 Å². The van der Waals surface area contributed by atoms with Crippen LogP contribution in [0.1, 0.15) is 39.2 Å². The number of hydrogen-bond donors (Lipinski definition) is 3. The standard InChI is InChI=1S/C34H30N4O4/c1-23(27-16-8-13-24-10-2-5-14-28(24)27)37-32(40)29-15-6-3-12-26(29)22-36-34(42)33(41)35-20-9-18-31(39)38-21-19-25-11-4-7-17-30(25)38/h2-19,21,23H,20,22H2,1H3,(H,35,41)(H,36,42)(H,37,40)/b18-9+/t23-/m1/s1. The highest BCUT2D eigenvalue weighted by Crippen LogP contribution is 2.24. The molecule has 8 nitrogen and oxygen atoms in total. The number of rotatable bonds is 8. The number of benzene rings is 4. The third-order valence-electron chi connectivity index (χ3n) is 7.02. The molecule has 3 amide bonds. The van der Waals surface area contributed by atoms with E-state index in [1.54, 1.807) is 30.5 Å². The van der Waals surface area contributed by atoms with Crippen LogP contribution in [0.4, 0.5) is 0 Å². The monoisotopic (exact) mass is 558 g/mol. The molecule has 1 atom stereocenters. The van der Waals surface area contributed by atoms with Crippen LogP contribution in [0, 0.1) is 0 Å². The Kier molecular flexibility index (Phi) is 8.53. The van der Waals surface area contributed by atoms with Gasteiger partial charge in [-0.25, -0.2) is 0 Å². The lowest BCUT2D eigenvalue weighted by Crippen LogP contribution is -2.40. The summed E-state index contributed by atoms with van der Waals surface area (Å²) in [5.41, 5.74) is 2.77. The summed E-state index contributed by atoms with van der Waals surface area (Å²) in [4.78, 5) is 50.5. The second kappa shape index (κ2) is 12.8. The Balaban J connectivity index is 1.14. The first-order valence-electron chi connectivity index (χ1n) is 13.6. The van der Waals surface area contributed by atoms with E-state index in [4.69, 9.17) is 0 Å². The molecule has 210 valence electrons. The van der Waals surface area contributed by atoms with Crippen molar-refractivity contribution in [3.8, 4) is 0 Å². The first kappa shape index (κ1) is 28.0. The third-order valence-corrected chi connectivity index (χ3v) is 7.02. The van der Waals surface area contributed by atoms with E-state index in [1.165, 1.54) is 16.7 Å². The maximum absolute atomic E-state index is 13.2. The maximum atomic E-state index is 13.2. The third kappa shape index (κ3) is 6.28. The fourth-order valence-corrected chi connectivity index (χ4v) is 4.88. The van der Waals surface area contributed by atoms with E-state index in [0.29, 0.717) is 11.1 Å². The SMILES string of the molecule is C[C@@H](NC(=O)c1ccccc1CNC(=O)C(=O)NC/C=C/C(=O)n1ccc2ccccc21)c1cccc2ccccc12. The minimum atomic E-state index is -0.843. The highest BCUT2D eigenvalue weighted by atomic mass is 16.2. The van der Waals surface area contributed by atoms with Gasteiger partial charge in [0.25, 0.3) is 11.8 Å². The van der Waals surface area contributed by atoms with Crippen molar-refractivity contribution < 1.29 is 19.2 Å². The number of fused-ring (bicyclic) bond motifs is 2. The van der Waals surface area contributed by atoms with Crippen LogP contribution in [-0.4, -0.2) is 34.7 Å². The molecular formula is C34H30N4O4. The zero-order valence-corrected chi connectivity index (χ0v) is 23.0. The Hall–Kier alpha value is -5.50. The van der Waals surface area contributed by atoms with Gasteiger partial charge < -0.3 is 16.0 Å². The fraction of sp³-hybridized carbons (Fsp3) is 0.118. The van der Waals surface area contributed by atoms with Gasteiger partial charge in [0.15, 0.2) is 0 Å². The van der Waals surface area contributed by atoms with Crippen LogP contribution < -0.4 is 16.0 Å². The van der Waals surface area contributed by atoms with E-state index in [9.17, 15) is 19.2 Å². The highest BCUT2D eigenvalue weighted by Gasteiger charge is 2.18. The molecule has 0 unspecified atom stereocenters. The van der Waals surface area contributed by atoms with E-state index in [-0.39, 0.29) is 30.9 Å². The molecule has 5 aromatic rings. The van der Waals surface area contributed by atoms with Crippen molar-refractivity contribution in [3.63, 3.8) is 0 Å². The molecule has 0 saturated carbocycles. The molecule has 0 bridgehead atoms. The summed E-state index contributed by atoms with van der Waals surface area (Å²) in [6.45, 7) is 1.92. The van der Waals surface area contributed by atoms with Gasteiger partial charge in [0.2, 0.25) is 0 Å². The Morgan fingerprint density at radius 1 is 0.762 bits per heavy atom. The smallest absolute Gasteiger partial charge is 0.309 e. The molecule has 1 heterocycles. The van der Waals surface area contributed by atoms with Gasteiger partial charge in [0.1, 0.15) is 0 Å². The van der Waals surface area contributed by atoms with Crippen molar-refractivity contribution in [3.05, 3.63) is 132 Å². The number of nitrogens with zero attached hydrogens (tertiary/aromatic N) is 1. The molecule has 3 N–H and O–H groups in total. The van der Waals surface area contributed by atoms with Gasteiger partial charge in [-0.3, -0.25) is 23.7 Å². The van der Waals surface area contributed by atoms with E-state index in [2.05, 4.69) is 16.0 Å². The van der Waals surface area contributed by atoms with Crippen molar-refractivity contribution in [2.75, 3.05) is 6.54 Å². The molecule has 1 aromatic heterocycles. The molecule has 4 aromatic carbocycles. The van der Waals surface area contributed by atoms with Crippen LogP contribution in [-0.2, 0) is 16.1 Å². The number of nitrogens with one attached hydrogen (secondary N) is 3. The zero-order chi connectivity index (χ0) is 29.5. The van der Waals surface area contributed by atoms with Crippen molar-refractivity contribution >= 4 is 45.3 Å². The average molecular weight is 559 g/mol. The summed E-state index contributed by atoms with van der Waals surface area (Å²) in [6.07, 6.45) is 4.52. The van der Waals surface area contributed by atoms with Crippen molar-refractivity contribution in [1.29, 1.82) is 0 Å². The predicted octanol–water partition coefficient (Wildman–Crippen LogP) is 4.91. The Morgan fingerprint density at radius 2 is 1.45 bits per heavy atom. The summed E-state index contributed by atoms with van der Waals surface area (Å²) in [6, 6.07) is 30.0. The number of para-hydroxylation sites is 1. The van der Waals surface area contributed by atoms with Crippen LogP contribution in [0.3, 0.4) is 0 Å². The number of allylic oxidation sites excluding steroid dienone is 1. The summed E-state index contributed by atoms with van der Waals surface area (Å²) >= 11 is 0. The number of amides is 3. The molecule has 0 fully saturated rings. The lowest BCUT2D eigenvalue weighted by atomic mass is 9.99. The van der Waals surface area contributed by atoms with Gasteiger partial charge in [-0.2, -0.15) is 0 Å². The molecule has 0 radical (unpaired) electrons. The van der Waals surface area contributed by atoms with E-state index < -0.39 is 11.8 Å². The predicted molar refractivity (Wildman–Crippen MR) is 163 cm³/mol. The Morgan fingerprint density at radius 3 is 2.31 bits per heavy atom. The second-order valence-corrected chi connectivity index (χ2v) is 9.80. The minimum Gasteiger partial charge on any atom is -0.345 e. The van der Waals surface area contributed by atoms with Crippen molar-refractivity contribution in [2.45, 2.75) is 19.5 Å². The van der Waals surface area contributed by atoms with Gasteiger partial charge in [0.05, 0.1) is 11.6 Å². The lowest BCUT2D eigenvalue weighted by molar-refractivity contribution is -0.139. The van der Waals surface area contributed by atoms with Gasteiger partial charge >= 0.3 is 11.8 Å². The molecule has 0 aliphatic rings. The van der Waals surface area contributed by atoms with E-state index >= 15 is 0 Å². The van der Waals surface area contributed by atoms with Crippen molar-refractivity contribution in [1.82, 2.24) is 20.5 Å². The van der Waals surface area contributed by atoms with E-state index in [1.807, 2.05) is 79.7 Å². The van der Waals surface area contributed by atoms with Crippen molar-refractivity contribution in [2.24, 2.45) is 0 Å². The van der Waals surface area contributed by atoms with Gasteiger partial charge in [0, 0.05) is 36.3 Å². The largest absolute Gasteiger partial charge is 0.345 e. The Labute approximate surface area is 243 Å². The average Bonchev–Trinajstić information content (AvgIpc) is 3.46. The highest BCUT2D eigenvalue weighted by molar-refractivity contribution is 6.35. The van der Waals surface area contributed by atoms with Gasteiger partial charge in [-0.1, -0.05) is 84.9 Å². The molecule has 0 saturated heterocycles. The van der Waals surface area contributed by atoms with E-state index in [0.717, 1.165) is 27.2 Å². The second-order valence-electron chi connectivity index (χ2n) is 9.80. The van der Waals surface area contributed by atoms with Gasteiger partial charge in [-0.15, -0.1) is 0 Å².